The first-order chi connectivity index (χ1) is 9.31. The third-order valence-electron chi connectivity index (χ3n) is 4.28. The zero-order valence-electron chi connectivity index (χ0n) is 11.4. The molecule has 0 aromatic carbocycles. The van der Waals surface area contributed by atoms with Crippen LogP contribution in [0.3, 0.4) is 0 Å². The molecule has 19 heavy (non-hydrogen) atoms. The summed E-state index contributed by atoms with van der Waals surface area (Å²) in [5, 5.41) is 3.01. The van der Waals surface area contributed by atoms with Crippen LogP contribution in [0.15, 0.2) is 18.3 Å². The topological polar surface area (TPSA) is 42.0 Å². The predicted octanol–water partition coefficient (Wildman–Crippen LogP) is 3.16. The highest BCUT2D eigenvalue weighted by molar-refractivity contribution is 5.76. The summed E-state index contributed by atoms with van der Waals surface area (Å²) in [5.74, 6) is 1.51. The first kappa shape index (κ1) is 12.6. The summed E-state index contributed by atoms with van der Waals surface area (Å²) in [5.41, 5.74) is 2.31. The lowest BCUT2D eigenvalue weighted by molar-refractivity contribution is -0.122. The van der Waals surface area contributed by atoms with E-state index in [-0.39, 0.29) is 5.91 Å². The molecule has 102 valence electrons. The Kier molecular flexibility index (Phi) is 3.81. The van der Waals surface area contributed by atoms with E-state index in [1.807, 2.05) is 6.20 Å². The molecule has 0 unspecified atom stereocenters. The van der Waals surface area contributed by atoms with Crippen molar-refractivity contribution in [1.29, 1.82) is 0 Å². The minimum atomic E-state index is 0.193. The summed E-state index contributed by atoms with van der Waals surface area (Å²) in [6, 6.07) is 4.20. The van der Waals surface area contributed by atoms with Gasteiger partial charge in [0.2, 0.25) is 5.91 Å². The van der Waals surface area contributed by atoms with Crippen LogP contribution in [0.25, 0.3) is 0 Å². The molecule has 2 aliphatic carbocycles. The lowest BCUT2D eigenvalue weighted by atomic mass is 10.0. The van der Waals surface area contributed by atoms with E-state index in [9.17, 15) is 4.79 Å². The average Bonchev–Trinajstić information content (AvgIpc) is 3.16. The molecule has 0 spiro atoms. The normalized spacial score (nSPS) is 19.6. The number of aromatic nitrogens is 1. The molecule has 3 nitrogen and oxygen atoms in total. The molecule has 1 N–H and O–H groups in total. The second kappa shape index (κ2) is 5.72. The van der Waals surface area contributed by atoms with Gasteiger partial charge < -0.3 is 5.32 Å². The molecule has 0 saturated heterocycles. The Labute approximate surface area is 114 Å². The minimum Gasteiger partial charge on any atom is -0.352 e. The summed E-state index contributed by atoms with van der Waals surface area (Å²) in [7, 11) is 0. The molecule has 0 bridgehead atoms. The number of amides is 1. The molecule has 2 fully saturated rings. The van der Waals surface area contributed by atoms with E-state index in [0.717, 1.165) is 5.56 Å². The molecule has 0 atom stereocenters. The Morgan fingerprint density at radius 1 is 1.21 bits per heavy atom. The molecule has 1 amide bonds. The maximum absolute atomic E-state index is 11.8. The van der Waals surface area contributed by atoms with Crippen LogP contribution >= 0.6 is 0 Å². The van der Waals surface area contributed by atoms with Crippen LogP contribution in [0.5, 0.6) is 0 Å². The minimum absolute atomic E-state index is 0.193. The molecule has 0 radical (unpaired) electrons. The van der Waals surface area contributed by atoms with Crippen molar-refractivity contribution in [1.82, 2.24) is 10.3 Å². The molecule has 2 saturated carbocycles. The predicted molar refractivity (Wildman–Crippen MR) is 74.6 cm³/mol. The maximum Gasteiger partial charge on any atom is 0.220 e. The van der Waals surface area contributed by atoms with Crippen molar-refractivity contribution in [3.8, 4) is 0 Å². The second-order valence-electron chi connectivity index (χ2n) is 6.00. The lowest BCUT2D eigenvalue weighted by Crippen LogP contribution is -2.24. The van der Waals surface area contributed by atoms with E-state index >= 15 is 0 Å². The van der Waals surface area contributed by atoms with Gasteiger partial charge in [-0.3, -0.25) is 9.78 Å². The number of carbonyl (C=O) groups excluding carboxylic acids is 1. The quantitative estimate of drug-likeness (QED) is 0.881. The highest BCUT2D eigenvalue weighted by atomic mass is 16.1. The van der Waals surface area contributed by atoms with Crippen molar-refractivity contribution in [2.75, 3.05) is 0 Å². The van der Waals surface area contributed by atoms with Crippen molar-refractivity contribution in [3.63, 3.8) is 0 Å². The van der Waals surface area contributed by atoms with Crippen molar-refractivity contribution >= 4 is 5.91 Å². The Morgan fingerprint density at radius 3 is 2.63 bits per heavy atom. The van der Waals surface area contributed by atoms with Crippen molar-refractivity contribution in [2.45, 2.75) is 57.4 Å². The Morgan fingerprint density at radius 2 is 2.00 bits per heavy atom. The number of nitrogens with one attached hydrogen (secondary N) is 1. The third kappa shape index (κ3) is 3.55. The summed E-state index contributed by atoms with van der Waals surface area (Å²) < 4.78 is 0. The van der Waals surface area contributed by atoms with Gasteiger partial charge in [0.25, 0.3) is 0 Å². The Bertz CT molecular complexity index is 431. The van der Waals surface area contributed by atoms with Gasteiger partial charge in [-0.2, -0.15) is 0 Å². The molecule has 2 aliphatic rings. The monoisotopic (exact) mass is 258 g/mol. The van der Waals surface area contributed by atoms with E-state index in [1.54, 1.807) is 0 Å². The van der Waals surface area contributed by atoms with Gasteiger partial charge >= 0.3 is 0 Å². The van der Waals surface area contributed by atoms with Gasteiger partial charge in [-0.1, -0.05) is 18.9 Å². The number of hydrogen-bond acceptors (Lipinski definition) is 2. The van der Waals surface area contributed by atoms with Crippen LogP contribution in [-0.4, -0.2) is 10.9 Å². The van der Waals surface area contributed by atoms with Crippen LogP contribution in [0.2, 0.25) is 0 Å². The van der Waals surface area contributed by atoms with Crippen molar-refractivity contribution in [3.05, 3.63) is 29.6 Å². The fourth-order valence-corrected chi connectivity index (χ4v) is 2.91. The highest BCUT2D eigenvalue weighted by Gasteiger charge is 2.24. The number of rotatable bonds is 5. The van der Waals surface area contributed by atoms with Gasteiger partial charge in [-0.05, 0) is 43.2 Å². The first-order valence-corrected chi connectivity index (χ1v) is 7.53. The molecular weight excluding hydrogens is 236 g/mol. The van der Waals surface area contributed by atoms with Crippen LogP contribution < -0.4 is 5.32 Å². The highest BCUT2D eigenvalue weighted by Crippen LogP contribution is 2.38. The summed E-state index contributed by atoms with van der Waals surface area (Å²) in [6.07, 6.45) is 10.2. The Balaban J connectivity index is 1.44. The van der Waals surface area contributed by atoms with Crippen molar-refractivity contribution < 1.29 is 4.79 Å². The molecule has 1 aromatic heterocycles. The first-order valence-electron chi connectivity index (χ1n) is 7.53. The van der Waals surface area contributed by atoms with Crippen LogP contribution in [-0.2, 0) is 11.3 Å². The van der Waals surface area contributed by atoms with E-state index in [4.69, 9.17) is 0 Å². The molecular formula is C16H22N2O. The van der Waals surface area contributed by atoms with E-state index in [1.165, 1.54) is 44.2 Å². The van der Waals surface area contributed by atoms with Gasteiger partial charge in [0.05, 0.1) is 0 Å². The zero-order valence-corrected chi connectivity index (χ0v) is 11.4. The SMILES string of the molecule is O=C(CC1CCCC1)NCc1ccc(C2CC2)nc1. The molecule has 1 aromatic rings. The van der Waals surface area contributed by atoms with Crippen LogP contribution in [0.4, 0.5) is 0 Å². The van der Waals surface area contributed by atoms with Gasteiger partial charge in [0, 0.05) is 30.8 Å². The molecule has 3 heteroatoms. The van der Waals surface area contributed by atoms with Crippen LogP contribution in [0.1, 0.15) is 62.1 Å². The number of hydrogen-bond donors (Lipinski definition) is 1. The fraction of sp³-hybridized carbons (Fsp3) is 0.625. The maximum atomic E-state index is 11.8. The largest absolute Gasteiger partial charge is 0.352 e. The second-order valence-corrected chi connectivity index (χ2v) is 6.00. The standard InChI is InChI=1S/C16H22N2O/c19-16(9-12-3-1-2-4-12)18-11-13-5-8-15(17-10-13)14-6-7-14/h5,8,10,12,14H,1-4,6-7,9,11H2,(H,18,19). The summed E-state index contributed by atoms with van der Waals surface area (Å²) in [6.45, 7) is 0.615. The number of pyridine rings is 1. The van der Waals surface area contributed by atoms with Crippen LogP contribution in [0, 0.1) is 5.92 Å². The van der Waals surface area contributed by atoms with E-state index in [2.05, 4.69) is 22.4 Å². The summed E-state index contributed by atoms with van der Waals surface area (Å²) >= 11 is 0. The number of carbonyl (C=O) groups is 1. The Hall–Kier alpha value is -1.38. The number of nitrogens with zero attached hydrogens (tertiary/aromatic N) is 1. The van der Waals surface area contributed by atoms with E-state index < -0.39 is 0 Å². The molecule has 0 aliphatic heterocycles. The molecule has 3 rings (SSSR count). The fourth-order valence-electron chi connectivity index (χ4n) is 2.91. The van der Waals surface area contributed by atoms with Gasteiger partial charge in [-0.25, -0.2) is 0 Å². The van der Waals surface area contributed by atoms with E-state index in [0.29, 0.717) is 24.8 Å². The van der Waals surface area contributed by atoms with Gasteiger partial charge in [0.1, 0.15) is 0 Å². The third-order valence-corrected chi connectivity index (χ3v) is 4.28. The smallest absolute Gasteiger partial charge is 0.220 e. The molecule has 1 heterocycles. The zero-order chi connectivity index (χ0) is 13.1. The van der Waals surface area contributed by atoms with Crippen molar-refractivity contribution in [2.24, 2.45) is 5.92 Å². The van der Waals surface area contributed by atoms with Gasteiger partial charge in [-0.15, -0.1) is 0 Å². The lowest BCUT2D eigenvalue weighted by Gasteiger charge is -2.09. The van der Waals surface area contributed by atoms with Gasteiger partial charge in [0.15, 0.2) is 0 Å². The average molecular weight is 258 g/mol. The summed E-state index contributed by atoms with van der Waals surface area (Å²) in [4.78, 5) is 16.3.